The molecule has 25 heavy (non-hydrogen) atoms. The molecule has 8 heteroatoms. The number of hydrogen-bond acceptors (Lipinski definition) is 3. The molecule has 1 amide bonds. The van der Waals surface area contributed by atoms with Crippen molar-refractivity contribution in [2.45, 2.75) is 32.4 Å². The average Bonchev–Trinajstić information content (AvgIpc) is 2.92. The highest BCUT2D eigenvalue weighted by Crippen LogP contribution is 2.19. The summed E-state index contributed by atoms with van der Waals surface area (Å²) in [7, 11) is 0. The van der Waals surface area contributed by atoms with Gasteiger partial charge in [-0.1, -0.05) is 17.7 Å². The van der Waals surface area contributed by atoms with E-state index in [9.17, 15) is 13.6 Å². The third kappa shape index (κ3) is 4.16. The van der Waals surface area contributed by atoms with Gasteiger partial charge in [-0.15, -0.1) is 0 Å². The van der Waals surface area contributed by atoms with Gasteiger partial charge in [0.1, 0.15) is 0 Å². The summed E-state index contributed by atoms with van der Waals surface area (Å²) in [6, 6.07) is 4.01. The van der Waals surface area contributed by atoms with Crippen LogP contribution in [0, 0.1) is 18.6 Å². The summed E-state index contributed by atoms with van der Waals surface area (Å²) in [4.78, 5) is 14.4. The first-order chi connectivity index (χ1) is 11.9. The Labute approximate surface area is 149 Å². The number of carbonyl (C=O) groups excluding carboxylic acids is 1. The summed E-state index contributed by atoms with van der Waals surface area (Å²) < 4.78 is 26.2. The molecule has 1 aliphatic rings. The van der Waals surface area contributed by atoms with Gasteiger partial charge in [-0.3, -0.25) is 14.8 Å². The number of amides is 1. The number of halogens is 3. The summed E-state index contributed by atoms with van der Waals surface area (Å²) in [5.74, 6) is -1.95. The molecule has 2 N–H and O–H groups in total. The lowest BCUT2D eigenvalue weighted by Gasteiger charge is -2.32. The minimum atomic E-state index is -0.836. The zero-order valence-electron chi connectivity index (χ0n) is 13.8. The van der Waals surface area contributed by atoms with Crippen molar-refractivity contribution in [3.05, 3.63) is 51.8 Å². The maximum absolute atomic E-state index is 13.3. The number of nitrogens with one attached hydrogen (secondary N) is 2. The van der Waals surface area contributed by atoms with Crippen LogP contribution in [0.2, 0.25) is 5.02 Å². The topological polar surface area (TPSA) is 61.0 Å². The van der Waals surface area contributed by atoms with E-state index >= 15 is 0 Å². The maximum Gasteiger partial charge on any atom is 0.273 e. The molecule has 0 saturated carbocycles. The van der Waals surface area contributed by atoms with Crippen molar-refractivity contribution in [3.8, 4) is 0 Å². The van der Waals surface area contributed by atoms with Gasteiger partial charge in [-0.25, -0.2) is 8.78 Å². The number of likely N-dealkylation sites (tertiary alicyclic amines) is 1. The number of rotatable bonds is 4. The molecule has 1 aromatic heterocycles. The van der Waals surface area contributed by atoms with Gasteiger partial charge in [0.05, 0.1) is 10.7 Å². The Balaban J connectivity index is 1.51. The Morgan fingerprint density at radius 3 is 2.68 bits per heavy atom. The van der Waals surface area contributed by atoms with E-state index in [0.29, 0.717) is 17.3 Å². The van der Waals surface area contributed by atoms with Crippen LogP contribution in [-0.4, -0.2) is 40.1 Å². The number of aromatic nitrogens is 2. The van der Waals surface area contributed by atoms with Crippen LogP contribution in [-0.2, 0) is 6.54 Å². The number of nitrogens with zero attached hydrogens (tertiary/aromatic N) is 2. The molecule has 1 aromatic carbocycles. The largest absolute Gasteiger partial charge is 0.348 e. The summed E-state index contributed by atoms with van der Waals surface area (Å²) in [6.07, 6.45) is 1.55. The van der Waals surface area contributed by atoms with Crippen molar-refractivity contribution in [1.29, 1.82) is 0 Å². The van der Waals surface area contributed by atoms with Crippen LogP contribution in [0.3, 0.4) is 0 Å². The molecule has 0 atom stereocenters. The van der Waals surface area contributed by atoms with Gasteiger partial charge in [0.2, 0.25) is 0 Å². The lowest BCUT2D eigenvalue weighted by molar-refractivity contribution is 0.0904. The number of aromatic amines is 1. The van der Waals surface area contributed by atoms with Crippen molar-refractivity contribution in [3.63, 3.8) is 0 Å². The second-order valence-corrected chi connectivity index (χ2v) is 6.66. The normalized spacial score (nSPS) is 16.2. The zero-order chi connectivity index (χ0) is 18.0. The van der Waals surface area contributed by atoms with Gasteiger partial charge < -0.3 is 5.32 Å². The van der Waals surface area contributed by atoms with Crippen LogP contribution >= 0.6 is 11.6 Å². The van der Waals surface area contributed by atoms with E-state index in [1.54, 1.807) is 13.0 Å². The van der Waals surface area contributed by atoms with Crippen molar-refractivity contribution in [2.75, 3.05) is 13.1 Å². The van der Waals surface area contributed by atoms with Crippen LogP contribution in [0.4, 0.5) is 8.78 Å². The Morgan fingerprint density at radius 2 is 2.08 bits per heavy atom. The quantitative estimate of drug-likeness (QED) is 0.872. The van der Waals surface area contributed by atoms with E-state index in [1.807, 2.05) is 0 Å². The van der Waals surface area contributed by atoms with E-state index < -0.39 is 11.6 Å². The molecule has 0 radical (unpaired) electrons. The van der Waals surface area contributed by atoms with Crippen LogP contribution in [0.1, 0.15) is 34.6 Å². The number of aryl methyl sites for hydroxylation is 1. The second kappa shape index (κ2) is 7.49. The van der Waals surface area contributed by atoms with Crippen molar-refractivity contribution >= 4 is 17.5 Å². The van der Waals surface area contributed by atoms with E-state index in [4.69, 9.17) is 11.6 Å². The van der Waals surface area contributed by atoms with Crippen LogP contribution in [0.25, 0.3) is 0 Å². The summed E-state index contributed by atoms with van der Waals surface area (Å²) in [5, 5.41) is 9.90. The smallest absolute Gasteiger partial charge is 0.273 e. The van der Waals surface area contributed by atoms with Crippen molar-refractivity contribution in [1.82, 2.24) is 20.4 Å². The second-order valence-electron chi connectivity index (χ2n) is 6.28. The first-order valence-electron chi connectivity index (χ1n) is 8.11. The number of carbonyl (C=O) groups is 1. The van der Waals surface area contributed by atoms with Gasteiger partial charge in [0, 0.05) is 25.7 Å². The fourth-order valence-electron chi connectivity index (χ4n) is 2.95. The number of benzene rings is 1. The molecule has 3 rings (SSSR count). The third-order valence-corrected chi connectivity index (χ3v) is 4.86. The molecule has 0 bridgehead atoms. The predicted octanol–water partition coefficient (Wildman–Crippen LogP) is 3.04. The van der Waals surface area contributed by atoms with Gasteiger partial charge in [0.15, 0.2) is 17.3 Å². The Kier molecular flexibility index (Phi) is 5.34. The van der Waals surface area contributed by atoms with Gasteiger partial charge in [-0.2, -0.15) is 5.10 Å². The minimum absolute atomic E-state index is 0.0433. The number of hydrogen-bond donors (Lipinski definition) is 2. The Morgan fingerprint density at radius 1 is 1.36 bits per heavy atom. The van der Waals surface area contributed by atoms with Crippen LogP contribution in [0.15, 0.2) is 18.2 Å². The first-order valence-corrected chi connectivity index (χ1v) is 8.49. The van der Waals surface area contributed by atoms with Gasteiger partial charge >= 0.3 is 0 Å². The average molecular weight is 369 g/mol. The number of H-pyrrole nitrogens is 1. The maximum atomic E-state index is 13.3. The van der Waals surface area contributed by atoms with E-state index in [2.05, 4.69) is 20.4 Å². The molecule has 1 fully saturated rings. The lowest BCUT2D eigenvalue weighted by atomic mass is 10.0. The Hall–Kier alpha value is -1.99. The molecule has 1 aliphatic heterocycles. The Bertz CT molecular complexity index is 772. The minimum Gasteiger partial charge on any atom is -0.348 e. The summed E-state index contributed by atoms with van der Waals surface area (Å²) in [5.41, 5.74) is 1.61. The molecule has 0 unspecified atom stereocenters. The molecule has 0 spiro atoms. The molecule has 5 nitrogen and oxygen atoms in total. The van der Waals surface area contributed by atoms with Crippen LogP contribution in [0.5, 0.6) is 0 Å². The van der Waals surface area contributed by atoms with Crippen molar-refractivity contribution < 1.29 is 13.6 Å². The summed E-state index contributed by atoms with van der Waals surface area (Å²) >= 11 is 6.04. The lowest BCUT2D eigenvalue weighted by Crippen LogP contribution is -2.44. The molecule has 0 aliphatic carbocycles. The standard InChI is InChI=1S/C17H19ClF2N4O/c1-10-15(18)16(23-22-10)17(25)21-12-4-6-24(7-5-12)9-11-2-3-13(19)14(20)8-11/h2-3,8,12H,4-7,9H2,1H3,(H,21,25)(H,22,23). The highest BCUT2D eigenvalue weighted by Gasteiger charge is 2.24. The fourth-order valence-corrected chi connectivity index (χ4v) is 3.12. The molecule has 1 saturated heterocycles. The number of piperidine rings is 1. The molecule has 134 valence electrons. The molecule has 2 heterocycles. The van der Waals surface area contributed by atoms with Crippen LogP contribution < -0.4 is 5.32 Å². The molecular formula is C17H19ClF2N4O. The van der Waals surface area contributed by atoms with E-state index in [0.717, 1.165) is 37.6 Å². The summed E-state index contributed by atoms with van der Waals surface area (Å²) in [6.45, 7) is 3.83. The SMILES string of the molecule is Cc1[nH]nc(C(=O)NC2CCN(Cc3ccc(F)c(F)c3)CC2)c1Cl. The highest BCUT2D eigenvalue weighted by atomic mass is 35.5. The zero-order valence-corrected chi connectivity index (χ0v) is 14.5. The fraction of sp³-hybridized carbons (Fsp3) is 0.412. The molecular weight excluding hydrogens is 350 g/mol. The monoisotopic (exact) mass is 368 g/mol. The van der Waals surface area contributed by atoms with E-state index in [1.165, 1.54) is 6.07 Å². The van der Waals surface area contributed by atoms with E-state index in [-0.39, 0.29) is 17.6 Å². The van der Waals surface area contributed by atoms with Gasteiger partial charge in [0.25, 0.3) is 5.91 Å². The third-order valence-electron chi connectivity index (χ3n) is 4.40. The first kappa shape index (κ1) is 17.8. The molecule has 2 aromatic rings. The van der Waals surface area contributed by atoms with Gasteiger partial charge in [-0.05, 0) is 37.5 Å². The predicted molar refractivity (Wildman–Crippen MR) is 90.5 cm³/mol. The van der Waals surface area contributed by atoms with Crippen molar-refractivity contribution in [2.24, 2.45) is 0 Å². The highest BCUT2D eigenvalue weighted by molar-refractivity contribution is 6.34.